The third-order valence-electron chi connectivity index (χ3n) is 3.79. The van der Waals surface area contributed by atoms with Gasteiger partial charge in [-0.1, -0.05) is 12.1 Å². The molecule has 0 spiro atoms. The highest BCUT2D eigenvalue weighted by atomic mass is 16.2. The Morgan fingerprint density at radius 3 is 2.95 bits per heavy atom. The van der Waals surface area contributed by atoms with E-state index in [2.05, 4.69) is 16.3 Å². The lowest BCUT2D eigenvalue weighted by molar-refractivity contribution is 0.0698. The molecule has 110 valence electrons. The molecule has 1 heterocycles. The third-order valence-corrected chi connectivity index (χ3v) is 3.79. The molecular formula is C16H25N3O. The van der Waals surface area contributed by atoms with Crippen LogP contribution in [0.4, 0.5) is 0 Å². The molecule has 20 heavy (non-hydrogen) atoms. The number of rotatable bonds is 4. The van der Waals surface area contributed by atoms with E-state index in [4.69, 9.17) is 0 Å². The second kappa shape index (κ2) is 6.86. The van der Waals surface area contributed by atoms with E-state index in [1.807, 2.05) is 44.2 Å². The van der Waals surface area contributed by atoms with Crippen molar-refractivity contribution in [2.75, 3.05) is 34.2 Å². The van der Waals surface area contributed by atoms with Gasteiger partial charge in [-0.05, 0) is 51.7 Å². The van der Waals surface area contributed by atoms with E-state index < -0.39 is 0 Å². The molecule has 4 nitrogen and oxygen atoms in total. The van der Waals surface area contributed by atoms with Crippen LogP contribution < -0.4 is 5.32 Å². The predicted molar refractivity (Wildman–Crippen MR) is 81.8 cm³/mol. The number of likely N-dealkylation sites (tertiary alicyclic amines) is 1. The molecule has 0 radical (unpaired) electrons. The lowest BCUT2D eigenvalue weighted by atomic mass is 10.0. The minimum absolute atomic E-state index is 0.158. The van der Waals surface area contributed by atoms with Crippen LogP contribution in [-0.4, -0.2) is 56.0 Å². The minimum Gasteiger partial charge on any atom is -0.337 e. The summed E-state index contributed by atoms with van der Waals surface area (Å²) in [4.78, 5) is 16.7. The molecule has 1 saturated heterocycles. The van der Waals surface area contributed by atoms with Gasteiger partial charge in [-0.3, -0.25) is 4.79 Å². The molecule has 1 atom stereocenters. The summed E-state index contributed by atoms with van der Waals surface area (Å²) in [5, 5.41) is 3.28. The Hall–Kier alpha value is -1.39. The van der Waals surface area contributed by atoms with Crippen LogP contribution in [0.5, 0.6) is 0 Å². The average Bonchev–Trinajstić information content (AvgIpc) is 2.46. The summed E-state index contributed by atoms with van der Waals surface area (Å²) < 4.78 is 0. The summed E-state index contributed by atoms with van der Waals surface area (Å²) in [6.45, 7) is 2.54. The molecule has 1 aromatic rings. The minimum atomic E-state index is 0.158. The molecular weight excluding hydrogens is 250 g/mol. The molecule has 1 aromatic carbocycles. The lowest BCUT2D eigenvalue weighted by Gasteiger charge is -2.32. The van der Waals surface area contributed by atoms with Gasteiger partial charge in [-0.15, -0.1) is 0 Å². The first-order valence-electron chi connectivity index (χ1n) is 7.30. The predicted octanol–water partition coefficient (Wildman–Crippen LogP) is 1.57. The van der Waals surface area contributed by atoms with Crippen LogP contribution >= 0.6 is 0 Å². The van der Waals surface area contributed by atoms with Gasteiger partial charge in [0, 0.05) is 31.2 Å². The Balaban J connectivity index is 2.08. The maximum absolute atomic E-state index is 12.6. The summed E-state index contributed by atoms with van der Waals surface area (Å²) in [6.07, 6.45) is 2.23. The number of hydrogen-bond donors (Lipinski definition) is 1. The fraction of sp³-hybridized carbons (Fsp3) is 0.562. The van der Waals surface area contributed by atoms with Crippen molar-refractivity contribution in [2.45, 2.75) is 25.4 Å². The zero-order valence-electron chi connectivity index (χ0n) is 12.7. The first kappa shape index (κ1) is 15.0. The summed E-state index contributed by atoms with van der Waals surface area (Å²) in [5.74, 6) is 0.158. The molecule has 0 saturated carbocycles. The maximum atomic E-state index is 12.6. The van der Waals surface area contributed by atoms with Crippen molar-refractivity contribution in [3.05, 3.63) is 35.4 Å². The molecule has 0 bridgehead atoms. The number of piperidine rings is 1. The van der Waals surface area contributed by atoms with Crippen molar-refractivity contribution in [1.82, 2.24) is 15.1 Å². The maximum Gasteiger partial charge on any atom is 0.253 e. The Bertz CT molecular complexity index is 459. The van der Waals surface area contributed by atoms with Gasteiger partial charge in [0.05, 0.1) is 0 Å². The van der Waals surface area contributed by atoms with Gasteiger partial charge in [0.1, 0.15) is 0 Å². The van der Waals surface area contributed by atoms with Gasteiger partial charge in [-0.2, -0.15) is 0 Å². The number of carbonyl (C=O) groups excluding carboxylic acids is 1. The number of carbonyl (C=O) groups is 1. The summed E-state index contributed by atoms with van der Waals surface area (Å²) in [5.41, 5.74) is 1.99. The lowest BCUT2D eigenvalue weighted by Crippen LogP contribution is -2.46. The van der Waals surface area contributed by atoms with Crippen LogP contribution in [0.2, 0.25) is 0 Å². The molecule has 0 aromatic heterocycles. The quantitative estimate of drug-likeness (QED) is 0.906. The molecule has 1 N–H and O–H groups in total. The van der Waals surface area contributed by atoms with Gasteiger partial charge in [0.15, 0.2) is 0 Å². The highest BCUT2D eigenvalue weighted by Crippen LogP contribution is 2.15. The van der Waals surface area contributed by atoms with E-state index in [1.165, 1.54) is 5.56 Å². The molecule has 1 aliphatic rings. The van der Waals surface area contributed by atoms with Crippen molar-refractivity contribution in [1.29, 1.82) is 0 Å². The summed E-state index contributed by atoms with van der Waals surface area (Å²) in [6, 6.07) is 8.42. The monoisotopic (exact) mass is 275 g/mol. The fourth-order valence-electron chi connectivity index (χ4n) is 2.75. The van der Waals surface area contributed by atoms with Crippen LogP contribution in [0.15, 0.2) is 24.3 Å². The average molecular weight is 275 g/mol. The number of likely N-dealkylation sites (N-methyl/N-ethyl adjacent to an activating group) is 1. The molecule has 4 heteroatoms. The highest BCUT2D eigenvalue weighted by Gasteiger charge is 2.23. The van der Waals surface area contributed by atoms with Crippen LogP contribution in [0, 0.1) is 0 Å². The van der Waals surface area contributed by atoms with Crippen LogP contribution in [0.25, 0.3) is 0 Å². The topological polar surface area (TPSA) is 35.6 Å². The van der Waals surface area contributed by atoms with E-state index in [-0.39, 0.29) is 5.91 Å². The van der Waals surface area contributed by atoms with E-state index in [9.17, 15) is 4.79 Å². The fourth-order valence-corrected chi connectivity index (χ4v) is 2.75. The number of nitrogens with one attached hydrogen (secondary N) is 1. The van der Waals surface area contributed by atoms with Crippen LogP contribution in [0.3, 0.4) is 0 Å². The summed E-state index contributed by atoms with van der Waals surface area (Å²) >= 11 is 0. The largest absolute Gasteiger partial charge is 0.337 e. The van der Waals surface area contributed by atoms with Crippen molar-refractivity contribution in [3.8, 4) is 0 Å². The standard InChI is InChI=1S/C16H25N3O/c1-17-15-8-5-9-19(12-15)16(20)14-7-4-6-13(10-14)11-18(2)3/h4,6-7,10,15,17H,5,8-9,11-12H2,1-3H3/t15-/m1/s1. The molecule has 0 aliphatic carbocycles. The first-order valence-corrected chi connectivity index (χ1v) is 7.30. The van der Waals surface area contributed by atoms with Gasteiger partial charge >= 0.3 is 0 Å². The molecule has 1 fully saturated rings. The molecule has 2 rings (SSSR count). The number of amides is 1. The Morgan fingerprint density at radius 2 is 2.25 bits per heavy atom. The number of benzene rings is 1. The second-order valence-corrected chi connectivity index (χ2v) is 5.82. The first-order chi connectivity index (χ1) is 9.60. The van der Waals surface area contributed by atoms with E-state index in [0.717, 1.165) is 38.0 Å². The Kier molecular flexibility index (Phi) is 5.15. The SMILES string of the molecule is CN[C@@H]1CCCN(C(=O)c2cccc(CN(C)C)c2)C1. The van der Waals surface area contributed by atoms with E-state index >= 15 is 0 Å². The van der Waals surface area contributed by atoms with Gasteiger partial charge in [0.25, 0.3) is 5.91 Å². The third kappa shape index (κ3) is 3.81. The second-order valence-electron chi connectivity index (χ2n) is 5.82. The summed E-state index contributed by atoms with van der Waals surface area (Å²) in [7, 11) is 6.05. The molecule has 1 amide bonds. The van der Waals surface area contributed by atoms with Crippen LogP contribution in [0.1, 0.15) is 28.8 Å². The van der Waals surface area contributed by atoms with Crippen molar-refractivity contribution < 1.29 is 4.79 Å². The smallest absolute Gasteiger partial charge is 0.253 e. The zero-order chi connectivity index (χ0) is 14.5. The Morgan fingerprint density at radius 1 is 1.45 bits per heavy atom. The molecule has 0 unspecified atom stereocenters. The van der Waals surface area contributed by atoms with Gasteiger partial charge < -0.3 is 15.1 Å². The van der Waals surface area contributed by atoms with Gasteiger partial charge in [0.2, 0.25) is 0 Å². The van der Waals surface area contributed by atoms with Crippen molar-refractivity contribution in [3.63, 3.8) is 0 Å². The zero-order valence-corrected chi connectivity index (χ0v) is 12.7. The highest BCUT2D eigenvalue weighted by molar-refractivity contribution is 5.94. The van der Waals surface area contributed by atoms with Crippen molar-refractivity contribution >= 4 is 5.91 Å². The van der Waals surface area contributed by atoms with Gasteiger partial charge in [-0.25, -0.2) is 0 Å². The number of nitrogens with zero attached hydrogens (tertiary/aromatic N) is 2. The van der Waals surface area contributed by atoms with E-state index in [1.54, 1.807) is 0 Å². The van der Waals surface area contributed by atoms with E-state index in [0.29, 0.717) is 6.04 Å². The Labute approximate surface area is 121 Å². The molecule has 1 aliphatic heterocycles. The van der Waals surface area contributed by atoms with Crippen molar-refractivity contribution in [2.24, 2.45) is 0 Å². The normalized spacial score (nSPS) is 19.4. The van der Waals surface area contributed by atoms with Crippen LogP contribution in [-0.2, 0) is 6.54 Å². The number of hydrogen-bond acceptors (Lipinski definition) is 3.